The Morgan fingerprint density at radius 2 is 2.00 bits per heavy atom. The van der Waals surface area contributed by atoms with E-state index < -0.39 is 0 Å². The number of morpholine rings is 1. The third-order valence-corrected chi connectivity index (χ3v) is 2.89. The monoisotopic (exact) mass is 243 g/mol. The van der Waals surface area contributed by atoms with Gasteiger partial charge in [-0.2, -0.15) is 0 Å². The summed E-state index contributed by atoms with van der Waals surface area (Å²) in [6.07, 6.45) is 2.11. The standard InChI is InChI=1S/C12H25N3O2/c1-4-5-10(2)13-12(16)11(3)14-15-6-8-17-9-7-15/h10-11,14H,4-9H2,1-3H3,(H,13,16). The molecule has 1 amide bonds. The van der Waals surface area contributed by atoms with Gasteiger partial charge in [0, 0.05) is 19.1 Å². The van der Waals surface area contributed by atoms with Crippen LogP contribution in [0.15, 0.2) is 0 Å². The molecule has 0 radical (unpaired) electrons. The minimum Gasteiger partial charge on any atom is -0.379 e. The lowest BCUT2D eigenvalue weighted by atomic mass is 10.2. The molecule has 1 rings (SSSR count). The van der Waals surface area contributed by atoms with Crippen molar-refractivity contribution in [1.82, 2.24) is 15.8 Å². The Bertz CT molecular complexity index is 230. The van der Waals surface area contributed by atoms with Crippen molar-refractivity contribution in [3.63, 3.8) is 0 Å². The van der Waals surface area contributed by atoms with E-state index in [0.29, 0.717) is 0 Å². The average Bonchev–Trinajstić information content (AvgIpc) is 2.30. The van der Waals surface area contributed by atoms with Crippen molar-refractivity contribution in [2.45, 2.75) is 45.7 Å². The van der Waals surface area contributed by atoms with Crippen LogP contribution in [0.25, 0.3) is 0 Å². The van der Waals surface area contributed by atoms with E-state index in [9.17, 15) is 4.79 Å². The van der Waals surface area contributed by atoms with E-state index in [0.717, 1.165) is 39.1 Å². The molecule has 17 heavy (non-hydrogen) atoms. The first kappa shape index (κ1) is 14.4. The number of nitrogens with one attached hydrogen (secondary N) is 2. The lowest BCUT2D eigenvalue weighted by molar-refractivity contribution is -0.125. The summed E-state index contributed by atoms with van der Waals surface area (Å²) in [6.45, 7) is 9.19. The molecule has 1 aliphatic rings. The van der Waals surface area contributed by atoms with Crippen molar-refractivity contribution >= 4 is 5.91 Å². The quantitative estimate of drug-likeness (QED) is 0.714. The number of carbonyl (C=O) groups excluding carboxylic acids is 1. The molecule has 2 N–H and O–H groups in total. The maximum atomic E-state index is 11.9. The van der Waals surface area contributed by atoms with Gasteiger partial charge < -0.3 is 10.1 Å². The third kappa shape index (κ3) is 5.48. The van der Waals surface area contributed by atoms with Gasteiger partial charge in [0.1, 0.15) is 0 Å². The van der Waals surface area contributed by atoms with Gasteiger partial charge in [-0.05, 0) is 20.3 Å². The Kier molecular flexibility index (Phi) is 6.47. The zero-order valence-corrected chi connectivity index (χ0v) is 11.2. The van der Waals surface area contributed by atoms with E-state index in [-0.39, 0.29) is 18.0 Å². The summed E-state index contributed by atoms with van der Waals surface area (Å²) in [5.74, 6) is 0.0671. The summed E-state index contributed by atoms with van der Waals surface area (Å²) >= 11 is 0. The molecule has 0 aliphatic carbocycles. The van der Waals surface area contributed by atoms with Crippen molar-refractivity contribution in [2.75, 3.05) is 26.3 Å². The van der Waals surface area contributed by atoms with Gasteiger partial charge in [-0.3, -0.25) is 4.79 Å². The molecule has 1 heterocycles. The highest BCUT2D eigenvalue weighted by Gasteiger charge is 2.18. The van der Waals surface area contributed by atoms with Crippen LogP contribution in [-0.2, 0) is 9.53 Å². The van der Waals surface area contributed by atoms with Gasteiger partial charge in [-0.25, -0.2) is 10.4 Å². The highest BCUT2D eigenvalue weighted by molar-refractivity contribution is 5.81. The van der Waals surface area contributed by atoms with Crippen LogP contribution in [0.3, 0.4) is 0 Å². The molecule has 1 saturated heterocycles. The molecule has 2 unspecified atom stereocenters. The summed E-state index contributed by atoms with van der Waals surface area (Å²) in [5.41, 5.74) is 3.21. The first-order valence-corrected chi connectivity index (χ1v) is 6.52. The molecule has 1 aliphatic heterocycles. The molecule has 0 saturated carbocycles. The van der Waals surface area contributed by atoms with E-state index in [4.69, 9.17) is 4.74 Å². The van der Waals surface area contributed by atoms with Gasteiger partial charge in [-0.15, -0.1) is 0 Å². The second-order valence-electron chi connectivity index (χ2n) is 4.65. The van der Waals surface area contributed by atoms with Crippen molar-refractivity contribution in [2.24, 2.45) is 0 Å². The molecule has 100 valence electrons. The fourth-order valence-electron chi connectivity index (χ4n) is 1.90. The largest absolute Gasteiger partial charge is 0.379 e. The SMILES string of the molecule is CCCC(C)NC(=O)C(C)NN1CCOCC1. The van der Waals surface area contributed by atoms with Crippen molar-refractivity contribution < 1.29 is 9.53 Å². The molecule has 5 heteroatoms. The van der Waals surface area contributed by atoms with Crippen LogP contribution in [0.5, 0.6) is 0 Å². The minimum absolute atomic E-state index is 0.0671. The fraction of sp³-hybridized carbons (Fsp3) is 0.917. The van der Waals surface area contributed by atoms with Crippen molar-refractivity contribution in [3.05, 3.63) is 0 Å². The van der Waals surface area contributed by atoms with Crippen molar-refractivity contribution in [3.8, 4) is 0 Å². The average molecular weight is 243 g/mol. The van der Waals surface area contributed by atoms with E-state index in [1.807, 2.05) is 13.8 Å². The lowest BCUT2D eigenvalue weighted by Gasteiger charge is -2.30. The van der Waals surface area contributed by atoms with Crippen LogP contribution in [0, 0.1) is 0 Å². The molecular weight excluding hydrogens is 218 g/mol. The number of nitrogens with zero attached hydrogens (tertiary/aromatic N) is 1. The van der Waals surface area contributed by atoms with Crippen LogP contribution in [0.4, 0.5) is 0 Å². The molecular formula is C12H25N3O2. The number of hydrazine groups is 1. The normalized spacial score (nSPS) is 20.9. The fourth-order valence-corrected chi connectivity index (χ4v) is 1.90. The summed E-state index contributed by atoms with van der Waals surface area (Å²) in [5, 5.41) is 5.06. The summed E-state index contributed by atoms with van der Waals surface area (Å²) in [6, 6.07) is 0.0637. The highest BCUT2D eigenvalue weighted by atomic mass is 16.5. The van der Waals surface area contributed by atoms with Gasteiger partial charge in [-0.1, -0.05) is 13.3 Å². The maximum Gasteiger partial charge on any atom is 0.238 e. The Morgan fingerprint density at radius 3 is 2.59 bits per heavy atom. The number of hydrogen-bond acceptors (Lipinski definition) is 4. The predicted octanol–water partition coefficient (Wildman–Crippen LogP) is 0.517. The van der Waals surface area contributed by atoms with E-state index in [1.165, 1.54) is 0 Å². The van der Waals surface area contributed by atoms with Crippen LogP contribution in [0.1, 0.15) is 33.6 Å². The number of amides is 1. The minimum atomic E-state index is -0.188. The van der Waals surface area contributed by atoms with E-state index in [1.54, 1.807) is 0 Å². The van der Waals surface area contributed by atoms with Gasteiger partial charge >= 0.3 is 0 Å². The first-order valence-electron chi connectivity index (χ1n) is 6.52. The van der Waals surface area contributed by atoms with E-state index >= 15 is 0 Å². The third-order valence-electron chi connectivity index (χ3n) is 2.89. The first-order chi connectivity index (χ1) is 8.13. The van der Waals surface area contributed by atoms with Crippen LogP contribution in [-0.4, -0.2) is 49.3 Å². The zero-order valence-electron chi connectivity index (χ0n) is 11.2. The molecule has 2 atom stereocenters. The zero-order chi connectivity index (χ0) is 12.7. The molecule has 0 bridgehead atoms. The predicted molar refractivity (Wildman–Crippen MR) is 67.5 cm³/mol. The number of carbonyl (C=O) groups is 1. The smallest absolute Gasteiger partial charge is 0.238 e. The molecule has 0 spiro atoms. The molecule has 0 aromatic rings. The van der Waals surface area contributed by atoms with Crippen LogP contribution in [0.2, 0.25) is 0 Å². The van der Waals surface area contributed by atoms with Crippen LogP contribution >= 0.6 is 0 Å². The number of ether oxygens (including phenoxy) is 1. The van der Waals surface area contributed by atoms with Crippen molar-refractivity contribution in [1.29, 1.82) is 0 Å². The summed E-state index contributed by atoms with van der Waals surface area (Å²) < 4.78 is 5.26. The Labute approximate surface area is 104 Å². The Hall–Kier alpha value is -0.650. The van der Waals surface area contributed by atoms with Crippen LogP contribution < -0.4 is 10.7 Å². The van der Waals surface area contributed by atoms with Gasteiger partial charge in [0.2, 0.25) is 5.91 Å². The number of rotatable bonds is 6. The van der Waals surface area contributed by atoms with Gasteiger partial charge in [0.05, 0.1) is 19.3 Å². The van der Waals surface area contributed by atoms with Gasteiger partial charge in [0.15, 0.2) is 0 Å². The van der Waals surface area contributed by atoms with Gasteiger partial charge in [0.25, 0.3) is 0 Å². The second-order valence-corrected chi connectivity index (χ2v) is 4.65. The summed E-state index contributed by atoms with van der Waals surface area (Å²) in [4.78, 5) is 11.9. The maximum absolute atomic E-state index is 11.9. The lowest BCUT2D eigenvalue weighted by Crippen LogP contribution is -2.54. The molecule has 0 aromatic heterocycles. The number of hydrogen-bond donors (Lipinski definition) is 2. The highest BCUT2D eigenvalue weighted by Crippen LogP contribution is 1.98. The molecule has 5 nitrogen and oxygen atoms in total. The molecule has 0 aromatic carbocycles. The Morgan fingerprint density at radius 1 is 1.35 bits per heavy atom. The topological polar surface area (TPSA) is 53.6 Å². The Balaban J connectivity index is 2.25. The molecule has 1 fully saturated rings. The second kappa shape index (κ2) is 7.63. The van der Waals surface area contributed by atoms with E-state index in [2.05, 4.69) is 22.7 Å². The summed E-state index contributed by atoms with van der Waals surface area (Å²) in [7, 11) is 0.